The Kier molecular flexibility index (Phi) is 7.87. The van der Waals surface area contributed by atoms with Crippen LogP contribution in [0.15, 0.2) is 41.0 Å². The van der Waals surface area contributed by atoms with Crippen LogP contribution in [0.25, 0.3) is 11.0 Å². The lowest BCUT2D eigenvalue weighted by atomic mass is 10.1. The molecule has 196 valence electrons. The number of furan rings is 1. The molecule has 2 atom stereocenters. The fourth-order valence-corrected chi connectivity index (χ4v) is 4.41. The Morgan fingerprint density at radius 1 is 1.24 bits per heavy atom. The molecule has 37 heavy (non-hydrogen) atoms. The van der Waals surface area contributed by atoms with Crippen LogP contribution in [0.1, 0.15) is 39.9 Å². The Bertz CT molecular complexity index is 1310. The van der Waals surface area contributed by atoms with Gasteiger partial charge in [-0.2, -0.15) is 5.10 Å². The maximum Gasteiger partial charge on any atom is 0.325 e. The van der Waals surface area contributed by atoms with Gasteiger partial charge in [0, 0.05) is 18.0 Å². The predicted octanol–water partition coefficient (Wildman–Crippen LogP) is 0.486. The van der Waals surface area contributed by atoms with Gasteiger partial charge in [-0.3, -0.25) is 23.9 Å². The Morgan fingerprint density at radius 2 is 2.03 bits per heavy atom. The quantitative estimate of drug-likeness (QED) is 0.351. The number of carbonyl (C=O) groups excluding carboxylic acids is 4. The molecule has 0 bridgehead atoms. The van der Waals surface area contributed by atoms with Crippen molar-refractivity contribution in [2.24, 2.45) is 0 Å². The van der Waals surface area contributed by atoms with Crippen molar-refractivity contribution >= 4 is 34.7 Å². The number of likely N-dealkylation sites (tertiary alicyclic amines) is 1. The standard InChI is InChI=1S/C25H29N5O7/c1-3-15-10-20(30(28-15)8-9-31)24(34)27-16-11-19(23(33)26-12-22(32)36-2)29(13-16)25(35)18-14-37-21-7-5-4-6-17(18)21/h4-7,10,14,16,19,31H,3,8-9,11-13H2,1-2H3,(H,26,33)(H,27,34)/t16-,19+/m1/s1. The van der Waals surface area contributed by atoms with Crippen LogP contribution in [0.5, 0.6) is 0 Å². The van der Waals surface area contributed by atoms with Crippen molar-refractivity contribution in [1.29, 1.82) is 0 Å². The molecule has 4 rings (SSSR count). The molecule has 12 heteroatoms. The van der Waals surface area contributed by atoms with Crippen LogP contribution in [0.4, 0.5) is 0 Å². The number of hydrogen-bond acceptors (Lipinski definition) is 8. The Morgan fingerprint density at radius 3 is 2.76 bits per heavy atom. The number of benzene rings is 1. The number of carbonyl (C=O) groups is 4. The highest BCUT2D eigenvalue weighted by atomic mass is 16.5. The largest absolute Gasteiger partial charge is 0.468 e. The first-order valence-corrected chi connectivity index (χ1v) is 12.0. The molecule has 0 spiro atoms. The molecule has 1 saturated heterocycles. The van der Waals surface area contributed by atoms with E-state index in [0.29, 0.717) is 28.6 Å². The third-order valence-corrected chi connectivity index (χ3v) is 6.28. The van der Waals surface area contributed by atoms with Gasteiger partial charge in [0.2, 0.25) is 5.91 Å². The van der Waals surface area contributed by atoms with Gasteiger partial charge in [-0.25, -0.2) is 0 Å². The molecule has 3 aromatic rings. The van der Waals surface area contributed by atoms with Crippen molar-refractivity contribution in [2.75, 3.05) is 26.8 Å². The minimum atomic E-state index is -0.940. The summed E-state index contributed by atoms with van der Waals surface area (Å²) < 4.78 is 11.5. The number of methoxy groups -OCH3 is 1. The minimum Gasteiger partial charge on any atom is -0.468 e. The van der Waals surface area contributed by atoms with Gasteiger partial charge in [0.15, 0.2) is 0 Å². The Labute approximate surface area is 212 Å². The number of fused-ring (bicyclic) bond motifs is 1. The predicted molar refractivity (Wildman–Crippen MR) is 131 cm³/mol. The lowest BCUT2D eigenvalue weighted by molar-refractivity contribution is -0.141. The lowest BCUT2D eigenvalue weighted by Gasteiger charge is -2.23. The van der Waals surface area contributed by atoms with E-state index in [9.17, 15) is 24.3 Å². The van der Waals surface area contributed by atoms with Crippen molar-refractivity contribution in [3.8, 4) is 0 Å². The van der Waals surface area contributed by atoms with E-state index in [1.54, 1.807) is 30.3 Å². The summed E-state index contributed by atoms with van der Waals surface area (Å²) in [6.45, 7) is 1.60. The van der Waals surface area contributed by atoms with Gasteiger partial charge in [0.25, 0.3) is 11.8 Å². The molecule has 1 aliphatic heterocycles. The van der Waals surface area contributed by atoms with E-state index in [4.69, 9.17) is 4.42 Å². The van der Waals surface area contributed by atoms with Gasteiger partial charge in [-0.05, 0) is 25.0 Å². The van der Waals surface area contributed by atoms with Crippen LogP contribution >= 0.6 is 0 Å². The molecule has 3 amide bonds. The SMILES string of the molecule is CCc1cc(C(=O)N[C@@H]2C[C@@H](C(=O)NCC(=O)OC)N(C(=O)c3coc4ccccc34)C2)n(CCO)n1. The lowest BCUT2D eigenvalue weighted by Crippen LogP contribution is -2.47. The smallest absolute Gasteiger partial charge is 0.325 e. The van der Waals surface area contributed by atoms with Gasteiger partial charge in [-0.15, -0.1) is 0 Å². The van der Waals surface area contributed by atoms with E-state index in [0.717, 1.165) is 0 Å². The normalized spacial score (nSPS) is 17.1. The second kappa shape index (κ2) is 11.2. The van der Waals surface area contributed by atoms with E-state index in [2.05, 4.69) is 20.5 Å². The van der Waals surface area contributed by atoms with E-state index in [1.165, 1.54) is 23.0 Å². The van der Waals surface area contributed by atoms with Gasteiger partial charge in [0.1, 0.15) is 30.1 Å². The molecule has 0 unspecified atom stereocenters. The van der Waals surface area contributed by atoms with Crippen LogP contribution < -0.4 is 10.6 Å². The molecular weight excluding hydrogens is 482 g/mol. The summed E-state index contributed by atoms with van der Waals surface area (Å²) in [5.41, 5.74) is 1.81. The Balaban J connectivity index is 1.56. The number of aryl methyl sites for hydroxylation is 1. The average molecular weight is 512 g/mol. The maximum atomic E-state index is 13.6. The third-order valence-electron chi connectivity index (χ3n) is 6.28. The van der Waals surface area contributed by atoms with Crippen LogP contribution in [0.2, 0.25) is 0 Å². The number of rotatable bonds is 9. The van der Waals surface area contributed by atoms with Crippen molar-refractivity contribution in [3.05, 3.63) is 53.5 Å². The molecular formula is C25H29N5O7. The summed E-state index contributed by atoms with van der Waals surface area (Å²) in [5, 5.41) is 19.7. The van der Waals surface area contributed by atoms with Crippen LogP contribution in [0, 0.1) is 0 Å². The van der Waals surface area contributed by atoms with Gasteiger partial charge in [0.05, 0.1) is 31.5 Å². The van der Waals surface area contributed by atoms with Crippen molar-refractivity contribution < 1.29 is 33.4 Å². The monoisotopic (exact) mass is 511 g/mol. The van der Waals surface area contributed by atoms with Gasteiger partial charge < -0.3 is 29.8 Å². The summed E-state index contributed by atoms with van der Waals surface area (Å²) in [5.74, 6) is -2.03. The summed E-state index contributed by atoms with van der Waals surface area (Å²) in [4.78, 5) is 52.6. The summed E-state index contributed by atoms with van der Waals surface area (Å²) in [6.07, 6.45) is 2.10. The van der Waals surface area contributed by atoms with E-state index in [-0.39, 0.29) is 38.4 Å². The van der Waals surface area contributed by atoms with Crippen molar-refractivity contribution in [3.63, 3.8) is 0 Å². The number of aromatic nitrogens is 2. The molecule has 1 aromatic carbocycles. The second-order valence-corrected chi connectivity index (χ2v) is 8.64. The zero-order chi connectivity index (χ0) is 26.5. The number of esters is 1. The number of aliphatic hydroxyl groups excluding tert-OH is 1. The summed E-state index contributed by atoms with van der Waals surface area (Å²) in [6, 6.07) is 7.22. The van der Waals surface area contributed by atoms with Crippen LogP contribution in [-0.4, -0.2) is 82.4 Å². The fourth-order valence-electron chi connectivity index (χ4n) is 4.41. The maximum absolute atomic E-state index is 13.6. The fraction of sp³-hybridized carbons (Fsp3) is 0.400. The first kappa shape index (κ1) is 25.9. The molecule has 2 aromatic heterocycles. The first-order valence-electron chi connectivity index (χ1n) is 12.0. The highest BCUT2D eigenvalue weighted by Gasteiger charge is 2.41. The highest BCUT2D eigenvalue weighted by molar-refractivity contribution is 6.07. The van der Waals surface area contributed by atoms with E-state index >= 15 is 0 Å². The van der Waals surface area contributed by atoms with E-state index in [1.807, 2.05) is 6.92 Å². The minimum absolute atomic E-state index is 0.0646. The number of amides is 3. The number of para-hydroxylation sites is 1. The first-order chi connectivity index (χ1) is 17.9. The average Bonchev–Trinajstić information content (AvgIpc) is 3.63. The number of nitrogens with zero attached hydrogens (tertiary/aromatic N) is 3. The summed E-state index contributed by atoms with van der Waals surface area (Å²) >= 11 is 0. The molecule has 1 aliphatic rings. The van der Waals surface area contributed by atoms with Crippen molar-refractivity contribution in [2.45, 2.75) is 38.4 Å². The number of aliphatic hydroxyl groups is 1. The van der Waals surface area contributed by atoms with Crippen molar-refractivity contribution in [1.82, 2.24) is 25.3 Å². The molecule has 0 radical (unpaired) electrons. The molecule has 1 fully saturated rings. The number of hydrogen-bond donors (Lipinski definition) is 3. The molecule has 3 N–H and O–H groups in total. The zero-order valence-corrected chi connectivity index (χ0v) is 20.6. The third kappa shape index (κ3) is 5.48. The number of nitrogens with one attached hydrogen (secondary N) is 2. The number of ether oxygens (including phenoxy) is 1. The van der Waals surface area contributed by atoms with Gasteiger partial charge in [-0.1, -0.05) is 25.1 Å². The Hall–Kier alpha value is -4.19. The molecule has 0 aliphatic carbocycles. The summed E-state index contributed by atoms with van der Waals surface area (Å²) in [7, 11) is 1.21. The van der Waals surface area contributed by atoms with Crippen LogP contribution in [-0.2, 0) is 27.3 Å². The topological polar surface area (TPSA) is 156 Å². The molecule has 3 heterocycles. The second-order valence-electron chi connectivity index (χ2n) is 8.64. The molecule has 0 saturated carbocycles. The van der Waals surface area contributed by atoms with Gasteiger partial charge >= 0.3 is 5.97 Å². The molecule has 12 nitrogen and oxygen atoms in total. The van der Waals surface area contributed by atoms with E-state index < -0.39 is 35.8 Å². The highest BCUT2D eigenvalue weighted by Crippen LogP contribution is 2.27. The zero-order valence-electron chi connectivity index (χ0n) is 20.6. The van der Waals surface area contributed by atoms with Crippen LogP contribution in [0.3, 0.4) is 0 Å².